The fraction of sp³-hybridized carbons (Fsp3) is 0.778. The summed E-state index contributed by atoms with van der Waals surface area (Å²) in [6.07, 6.45) is 17.8. The Morgan fingerprint density at radius 1 is 0.921 bits per heavy atom. The van der Waals surface area contributed by atoms with Crippen molar-refractivity contribution in [2.24, 2.45) is 57.7 Å². The van der Waals surface area contributed by atoms with Gasteiger partial charge in [-0.15, -0.1) is 0 Å². The highest BCUT2D eigenvalue weighted by atomic mass is 14.7. The Morgan fingerprint density at radius 3 is 2.34 bits per heavy atom. The van der Waals surface area contributed by atoms with Crippen LogP contribution in [0.5, 0.6) is 0 Å². The van der Waals surface area contributed by atoms with E-state index in [0.29, 0.717) is 22.2 Å². The van der Waals surface area contributed by atoms with E-state index >= 15 is 0 Å². The minimum Gasteiger partial charge on any atom is -0.399 e. The van der Waals surface area contributed by atoms with Gasteiger partial charge < -0.3 is 11.5 Å². The summed E-state index contributed by atoms with van der Waals surface area (Å²) in [7, 11) is 0. The molecule has 9 atom stereocenters. The summed E-state index contributed by atoms with van der Waals surface area (Å²) in [5, 5.41) is 0. The molecule has 4 saturated carbocycles. The van der Waals surface area contributed by atoms with Crippen molar-refractivity contribution in [2.45, 2.75) is 119 Å². The molecule has 1 aromatic rings. The first-order chi connectivity index (χ1) is 17.9. The van der Waals surface area contributed by atoms with E-state index in [1.807, 2.05) is 12.1 Å². The Balaban J connectivity index is 1.31. The summed E-state index contributed by atoms with van der Waals surface area (Å²) in [5.41, 5.74) is 18.3. The van der Waals surface area contributed by atoms with Crippen LogP contribution in [0.2, 0.25) is 0 Å². The highest BCUT2D eigenvalue weighted by molar-refractivity contribution is 5.56. The van der Waals surface area contributed by atoms with E-state index in [-0.39, 0.29) is 0 Å². The third-order valence-electron chi connectivity index (χ3n) is 13.4. The van der Waals surface area contributed by atoms with Gasteiger partial charge in [0.1, 0.15) is 0 Å². The third-order valence-corrected chi connectivity index (χ3v) is 13.4. The minimum absolute atomic E-state index is 0.351. The van der Waals surface area contributed by atoms with Gasteiger partial charge in [0.25, 0.3) is 0 Å². The van der Waals surface area contributed by atoms with Crippen LogP contribution in [0.15, 0.2) is 29.8 Å². The lowest BCUT2D eigenvalue weighted by Crippen LogP contribution is -2.58. The normalized spacial score (nSPS) is 40.5. The number of hydrogen-bond acceptors (Lipinski definition) is 2. The third kappa shape index (κ3) is 4.64. The Morgan fingerprint density at radius 2 is 1.63 bits per heavy atom. The average Bonchev–Trinajstić information content (AvgIpc) is 3.19. The van der Waals surface area contributed by atoms with Gasteiger partial charge in [0.05, 0.1) is 0 Å². The fourth-order valence-corrected chi connectivity index (χ4v) is 11.4. The molecule has 4 N–H and O–H groups in total. The van der Waals surface area contributed by atoms with Crippen LogP contribution in [0.4, 0.5) is 11.4 Å². The molecule has 2 nitrogen and oxygen atoms in total. The molecule has 0 bridgehead atoms. The molecule has 0 amide bonds. The zero-order valence-electron chi connectivity index (χ0n) is 25.8. The van der Waals surface area contributed by atoms with Gasteiger partial charge in [-0.2, -0.15) is 0 Å². The highest BCUT2D eigenvalue weighted by Gasteiger charge is 2.63. The average molecular weight is 519 g/mol. The molecule has 2 heteroatoms. The summed E-state index contributed by atoms with van der Waals surface area (Å²) >= 11 is 0. The number of anilines is 2. The second-order valence-electron chi connectivity index (χ2n) is 15.8. The monoisotopic (exact) mass is 518 g/mol. The van der Waals surface area contributed by atoms with Crippen molar-refractivity contribution < 1.29 is 0 Å². The fourth-order valence-electron chi connectivity index (χ4n) is 11.4. The lowest BCUT2D eigenvalue weighted by Gasteiger charge is -2.65. The molecule has 1 aromatic carbocycles. The maximum absolute atomic E-state index is 6.42. The molecule has 4 fully saturated rings. The van der Waals surface area contributed by atoms with Gasteiger partial charge in [-0.1, -0.05) is 52.3 Å². The molecule has 0 spiro atoms. The van der Waals surface area contributed by atoms with Crippen molar-refractivity contribution in [3.63, 3.8) is 0 Å². The van der Waals surface area contributed by atoms with Crippen LogP contribution >= 0.6 is 0 Å². The highest BCUT2D eigenvalue weighted by Crippen LogP contribution is 2.71. The maximum Gasteiger partial charge on any atom is 0.0367 e. The second-order valence-corrected chi connectivity index (χ2v) is 15.8. The minimum atomic E-state index is 0.351. The van der Waals surface area contributed by atoms with E-state index in [2.05, 4.69) is 60.6 Å². The number of allylic oxidation sites excluding steroid dienone is 2. The largest absolute Gasteiger partial charge is 0.399 e. The summed E-state index contributed by atoms with van der Waals surface area (Å²) < 4.78 is 0. The van der Waals surface area contributed by atoms with E-state index in [9.17, 15) is 0 Å². The van der Waals surface area contributed by atoms with Crippen molar-refractivity contribution in [3.8, 4) is 0 Å². The molecule has 0 radical (unpaired) electrons. The van der Waals surface area contributed by atoms with Gasteiger partial charge >= 0.3 is 0 Å². The molecule has 0 aliphatic heterocycles. The Labute approximate surface area is 234 Å². The van der Waals surface area contributed by atoms with Gasteiger partial charge in [0.15, 0.2) is 0 Å². The standard InChI is InChI=1S/C36H58N2/c1-23(2)9-8-10-24(3)29-14-15-30-28-13-16-33-34(4,5)26(21-25-11-12-27(37)22-32(25)38)17-19-36(33,7)31(28)18-20-35(29,30)6/h9,11-12,22,24,26,28-31,33H,8,10,13-21,37-38H2,1-7H3. The molecule has 0 saturated heterocycles. The van der Waals surface area contributed by atoms with E-state index in [1.54, 1.807) is 0 Å². The van der Waals surface area contributed by atoms with Gasteiger partial charge in [-0.3, -0.25) is 0 Å². The van der Waals surface area contributed by atoms with Crippen molar-refractivity contribution in [1.82, 2.24) is 0 Å². The first-order valence-corrected chi connectivity index (χ1v) is 16.1. The number of fused-ring (bicyclic) bond motifs is 5. The number of nitrogens with two attached hydrogens (primary N) is 2. The SMILES string of the molecule is CC(C)=CCCC(C)C1CCC2C3CCC4C(C)(C)C(Cc5ccc(N)cc5N)CCC4(C)C3CCC12C. The van der Waals surface area contributed by atoms with Crippen molar-refractivity contribution in [1.29, 1.82) is 0 Å². The molecule has 9 unspecified atom stereocenters. The lowest BCUT2D eigenvalue weighted by molar-refractivity contribution is -0.163. The van der Waals surface area contributed by atoms with Crippen LogP contribution < -0.4 is 11.5 Å². The van der Waals surface area contributed by atoms with Crippen molar-refractivity contribution >= 4 is 11.4 Å². The van der Waals surface area contributed by atoms with Crippen LogP contribution in [0, 0.1) is 57.7 Å². The summed E-state index contributed by atoms with van der Waals surface area (Å²) in [4.78, 5) is 0. The molecule has 0 aromatic heterocycles. The summed E-state index contributed by atoms with van der Waals surface area (Å²) in [5.74, 6) is 6.18. The topological polar surface area (TPSA) is 52.0 Å². The van der Waals surface area contributed by atoms with Crippen LogP contribution in [-0.4, -0.2) is 0 Å². The maximum atomic E-state index is 6.42. The summed E-state index contributed by atoms with van der Waals surface area (Å²) in [6, 6.07) is 6.18. The van der Waals surface area contributed by atoms with E-state index in [4.69, 9.17) is 11.5 Å². The van der Waals surface area contributed by atoms with Gasteiger partial charge in [0.2, 0.25) is 0 Å². The molecule has 212 valence electrons. The van der Waals surface area contributed by atoms with E-state index in [0.717, 1.165) is 53.3 Å². The van der Waals surface area contributed by atoms with Crippen molar-refractivity contribution in [2.75, 3.05) is 11.5 Å². The van der Waals surface area contributed by atoms with Gasteiger partial charge in [0, 0.05) is 11.4 Å². The van der Waals surface area contributed by atoms with E-state index < -0.39 is 0 Å². The zero-order chi connectivity index (χ0) is 27.5. The number of rotatable bonds is 6. The first-order valence-electron chi connectivity index (χ1n) is 16.1. The Bertz CT molecular complexity index is 1030. The predicted molar refractivity (Wildman–Crippen MR) is 165 cm³/mol. The number of hydrogen-bond donors (Lipinski definition) is 2. The quantitative estimate of drug-likeness (QED) is 0.291. The number of benzene rings is 1. The zero-order valence-corrected chi connectivity index (χ0v) is 25.8. The van der Waals surface area contributed by atoms with Crippen molar-refractivity contribution in [3.05, 3.63) is 35.4 Å². The smallest absolute Gasteiger partial charge is 0.0367 e. The van der Waals surface area contributed by atoms with Crippen LogP contribution in [-0.2, 0) is 6.42 Å². The molecular formula is C36H58N2. The van der Waals surface area contributed by atoms with Crippen LogP contribution in [0.1, 0.15) is 118 Å². The second kappa shape index (κ2) is 10.2. The Kier molecular flexibility index (Phi) is 7.54. The van der Waals surface area contributed by atoms with Gasteiger partial charge in [-0.25, -0.2) is 0 Å². The predicted octanol–water partition coefficient (Wildman–Crippen LogP) is 9.69. The molecule has 4 aliphatic rings. The van der Waals surface area contributed by atoms with Gasteiger partial charge in [-0.05, 0) is 160 Å². The van der Waals surface area contributed by atoms with Crippen LogP contribution in [0.25, 0.3) is 0 Å². The lowest BCUT2D eigenvalue weighted by atomic mass is 9.39. The molecule has 5 rings (SSSR count). The number of nitrogen functional groups attached to an aromatic ring is 2. The molecule has 0 heterocycles. The molecule has 4 aliphatic carbocycles. The Hall–Kier alpha value is -1.44. The first kappa shape index (κ1) is 28.1. The summed E-state index contributed by atoms with van der Waals surface area (Å²) in [6.45, 7) is 17.8. The molecular weight excluding hydrogens is 460 g/mol. The van der Waals surface area contributed by atoms with E-state index in [1.165, 1.54) is 75.3 Å². The van der Waals surface area contributed by atoms with Crippen LogP contribution in [0.3, 0.4) is 0 Å². The molecule has 38 heavy (non-hydrogen) atoms.